The summed E-state index contributed by atoms with van der Waals surface area (Å²) in [4.78, 5) is 5.49. The average Bonchev–Trinajstić information content (AvgIpc) is 2.39. The zero-order valence-electron chi connectivity index (χ0n) is 11.2. The van der Waals surface area contributed by atoms with Gasteiger partial charge in [-0.1, -0.05) is 13.8 Å². The molecular weight excluding hydrogens is 254 g/mol. The first-order valence-electron chi connectivity index (χ1n) is 6.29. The predicted molar refractivity (Wildman–Crippen MR) is 70.8 cm³/mol. The van der Waals surface area contributed by atoms with Gasteiger partial charge < -0.3 is 15.4 Å². The van der Waals surface area contributed by atoms with Crippen LogP contribution in [0.5, 0.6) is 0 Å². The third kappa shape index (κ3) is 3.51. The molecule has 0 aliphatic heterocycles. The van der Waals surface area contributed by atoms with Crippen molar-refractivity contribution >= 4 is 11.6 Å². The Labute approximate surface area is 111 Å². The van der Waals surface area contributed by atoms with E-state index in [1.165, 1.54) is 0 Å². The molecule has 1 aromatic heterocycles. The number of nitrogen functional groups attached to an aromatic ring is 1. The minimum absolute atomic E-state index is 0.00269. The SMILES string of the molecule is CCC(CC)N(CCO)c1nc(NN)c(F)cc1F. The Morgan fingerprint density at radius 1 is 1.37 bits per heavy atom. The molecule has 0 aliphatic carbocycles. The second-order valence-corrected chi connectivity index (χ2v) is 4.16. The minimum atomic E-state index is -0.850. The first-order chi connectivity index (χ1) is 9.08. The molecule has 0 spiro atoms. The van der Waals surface area contributed by atoms with Crippen molar-refractivity contribution in [3.05, 3.63) is 17.7 Å². The first kappa shape index (κ1) is 15.6. The molecule has 108 valence electrons. The average molecular weight is 274 g/mol. The summed E-state index contributed by atoms with van der Waals surface area (Å²) in [5.41, 5.74) is 2.09. The molecule has 1 heterocycles. The van der Waals surface area contributed by atoms with Crippen molar-refractivity contribution in [2.75, 3.05) is 23.5 Å². The van der Waals surface area contributed by atoms with E-state index in [0.717, 1.165) is 18.9 Å². The standard InChI is InChI=1S/C12H20F2N4O/c1-3-8(4-2)18(5-6-19)12-10(14)7-9(13)11(16-12)17-15/h7-8,19H,3-6,15H2,1-2H3,(H,16,17). The van der Waals surface area contributed by atoms with Gasteiger partial charge in [0.1, 0.15) is 0 Å². The number of hydrazine groups is 1. The highest BCUT2D eigenvalue weighted by molar-refractivity contribution is 5.49. The highest BCUT2D eigenvalue weighted by atomic mass is 19.1. The van der Waals surface area contributed by atoms with E-state index in [4.69, 9.17) is 10.9 Å². The van der Waals surface area contributed by atoms with Crippen LogP contribution in [0.4, 0.5) is 20.4 Å². The van der Waals surface area contributed by atoms with Gasteiger partial charge >= 0.3 is 0 Å². The predicted octanol–water partition coefficient (Wildman–Crippen LogP) is 1.63. The van der Waals surface area contributed by atoms with Crippen LogP contribution in [0.25, 0.3) is 0 Å². The topological polar surface area (TPSA) is 74.4 Å². The molecule has 0 fully saturated rings. The Kier molecular flexibility index (Phi) is 5.91. The Morgan fingerprint density at radius 3 is 2.47 bits per heavy atom. The summed E-state index contributed by atoms with van der Waals surface area (Å²) < 4.78 is 27.2. The number of rotatable bonds is 7. The van der Waals surface area contributed by atoms with Crippen molar-refractivity contribution in [1.29, 1.82) is 0 Å². The number of anilines is 2. The molecule has 1 rings (SSSR count). The molecule has 0 radical (unpaired) electrons. The summed E-state index contributed by atoms with van der Waals surface area (Å²) in [5, 5.41) is 9.10. The number of aromatic nitrogens is 1. The summed E-state index contributed by atoms with van der Waals surface area (Å²) in [6.07, 6.45) is 1.53. The fraction of sp³-hybridized carbons (Fsp3) is 0.583. The lowest BCUT2D eigenvalue weighted by molar-refractivity contribution is 0.294. The lowest BCUT2D eigenvalue weighted by atomic mass is 10.1. The molecule has 0 aliphatic rings. The fourth-order valence-corrected chi connectivity index (χ4v) is 2.06. The molecule has 0 aromatic carbocycles. The van der Waals surface area contributed by atoms with Gasteiger partial charge in [0.2, 0.25) is 0 Å². The molecule has 7 heteroatoms. The van der Waals surface area contributed by atoms with Crippen LogP contribution >= 0.6 is 0 Å². The van der Waals surface area contributed by atoms with Crippen molar-refractivity contribution in [3.63, 3.8) is 0 Å². The van der Waals surface area contributed by atoms with E-state index in [1.807, 2.05) is 13.8 Å². The number of hydrogen-bond donors (Lipinski definition) is 3. The van der Waals surface area contributed by atoms with Crippen LogP contribution in [0.1, 0.15) is 26.7 Å². The highest BCUT2D eigenvalue weighted by Crippen LogP contribution is 2.25. The van der Waals surface area contributed by atoms with Crippen molar-refractivity contribution in [1.82, 2.24) is 4.98 Å². The van der Waals surface area contributed by atoms with Crippen molar-refractivity contribution in [3.8, 4) is 0 Å². The number of aliphatic hydroxyl groups is 1. The molecule has 0 atom stereocenters. The van der Waals surface area contributed by atoms with E-state index in [0.29, 0.717) is 0 Å². The van der Waals surface area contributed by atoms with Gasteiger partial charge in [-0.05, 0) is 12.8 Å². The van der Waals surface area contributed by atoms with Crippen LogP contribution < -0.4 is 16.2 Å². The van der Waals surface area contributed by atoms with Gasteiger partial charge in [0.15, 0.2) is 23.3 Å². The number of nitrogens with zero attached hydrogens (tertiary/aromatic N) is 2. The fourth-order valence-electron chi connectivity index (χ4n) is 2.06. The van der Waals surface area contributed by atoms with Crippen LogP contribution in [0.15, 0.2) is 6.07 Å². The van der Waals surface area contributed by atoms with Crippen molar-refractivity contribution in [2.24, 2.45) is 5.84 Å². The number of aliphatic hydroxyl groups excluding tert-OH is 1. The van der Waals surface area contributed by atoms with Crippen LogP contribution in [-0.2, 0) is 0 Å². The molecule has 0 saturated heterocycles. The lowest BCUT2D eigenvalue weighted by Gasteiger charge is -2.31. The van der Waals surface area contributed by atoms with E-state index in [1.54, 1.807) is 4.90 Å². The van der Waals surface area contributed by atoms with Gasteiger partial charge in [0, 0.05) is 18.7 Å². The zero-order chi connectivity index (χ0) is 14.4. The number of nitrogens with one attached hydrogen (secondary N) is 1. The van der Waals surface area contributed by atoms with E-state index < -0.39 is 11.6 Å². The minimum Gasteiger partial charge on any atom is -0.395 e. The first-order valence-corrected chi connectivity index (χ1v) is 6.29. The maximum absolute atomic E-state index is 13.9. The Morgan fingerprint density at radius 2 is 2.00 bits per heavy atom. The molecule has 0 bridgehead atoms. The number of nitrogens with two attached hydrogens (primary N) is 1. The lowest BCUT2D eigenvalue weighted by Crippen LogP contribution is -2.38. The van der Waals surface area contributed by atoms with Gasteiger partial charge in [-0.3, -0.25) is 0 Å². The Bertz CT molecular complexity index is 413. The summed E-state index contributed by atoms with van der Waals surface area (Å²) in [6, 6.07) is 0.759. The van der Waals surface area contributed by atoms with Crippen LogP contribution in [0.3, 0.4) is 0 Å². The molecule has 0 unspecified atom stereocenters. The summed E-state index contributed by atoms with van der Waals surface area (Å²) >= 11 is 0. The number of pyridine rings is 1. The molecule has 1 aromatic rings. The van der Waals surface area contributed by atoms with E-state index in [9.17, 15) is 8.78 Å². The summed E-state index contributed by atoms with van der Waals surface area (Å²) in [7, 11) is 0. The largest absolute Gasteiger partial charge is 0.395 e. The smallest absolute Gasteiger partial charge is 0.178 e. The third-order valence-corrected chi connectivity index (χ3v) is 3.04. The van der Waals surface area contributed by atoms with Crippen molar-refractivity contribution in [2.45, 2.75) is 32.7 Å². The highest BCUT2D eigenvalue weighted by Gasteiger charge is 2.22. The van der Waals surface area contributed by atoms with Gasteiger partial charge in [-0.25, -0.2) is 19.6 Å². The molecule has 0 amide bonds. The molecular formula is C12H20F2N4O. The van der Waals surface area contributed by atoms with E-state index in [2.05, 4.69) is 10.4 Å². The summed E-state index contributed by atoms with van der Waals surface area (Å²) in [6.45, 7) is 4.01. The molecule has 4 N–H and O–H groups in total. The molecule has 0 saturated carbocycles. The van der Waals surface area contributed by atoms with E-state index in [-0.39, 0.29) is 30.8 Å². The zero-order valence-corrected chi connectivity index (χ0v) is 11.2. The number of hydrogen-bond acceptors (Lipinski definition) is 5. The van der Waals surface area contributed by atoms with Crippen LogP contribution in [0.2, 0.25) is 0 Å². The maximum Gasteiger partial charge on any atom is 0.178 e. The normalized spacial score (nSPS) is 10.9. The molecule has 5 nitrogen and oxygen atoms in total. The third-order valence-electron chi connectivity index (χ3n) is 3.04. The monoisotopic (exact) mass is 274 g/mol. The second kappa shape index (κ2) is 7.20. The second-order valence-electron chi connectivity index (χ2n) is 4.16. The van der Waals surface area contributed by atoms with E-state index >= 15 is 0 Å². The maximum atomic E-state index is 13.9. The van der Waals surface area contributed by atoms with Crippen molar-refractivity contribution < 1.29 is 13.9 Å². The van der Waals surface area contributed by atoms with Gasteiger partial charge in [-0.2, -0.15) is 0 Å². The number of halogens is 2. The van der Waals surface area contributed by atoms with Gasteiger partial charge in [0.05, 0.1) is 6.61 Å². The quantitative estimate of drug-likeness (QED) is 0.520. The Balaban J connectivity index is 3.21. The van der Waals surface area contributed by atoms with Crippen LogP contribution in [0, 0.1) is 11.6 Å². The Hall–Kier alpha value is -1.47. The van der Waals surface area contributed by atoms with Crippen LogP contribution in [-0.4, -0.2) is 29.3 Å². The molecule has 19 heavy (non-hydrogen) atoms. The van der Waals surface area contributed by atoms with Gasteiger partial charge in [-0.15, -0.1) is 0 Å². The summed E-state index contributed by atoms with van der Waals surface area (Å²) in [5.74, 6) is 3.31. The van der Waals surface area contributed by atoms with Gasteiger partial charge in [0.25, 0.3) is 0 Å².